The van der Waals surface area contributed by atoms with Crippen molar-refractivity contribution in [1.29, 1.82) is 0 Å². The van der Waals surface area contributed by atoms with E-state index < -0.39 is 5.91 Å². The van der Waals surface area contributed by atoms with E-state index in [4.69, 9.17) is 5.73 Å². The molecule has 0 saturated carbocycles. The van der Waals surface area contributed by atoms with E-state index in [9.17, 15) is 4.79 Å². The molecule has 2 rings (SSSR count). The summed E-state index contributed by atoms with van der Waals surface area (Å²) >= 11 is 0. The number of carbonyl (C=O) groups is 1. The summed E-state index contributed by atoms with van der Waals surface area (Å²) in [4.78, 5) is 19.1. The smallest absolute Gasteiger partial charge is 0.248 e. The number of nitrogens with zero attached hydrogens (tertiary/aromatic N) is 2. The molecule has 1 aromatic carbocycles. The normalized spacial score (nSPS) is 10.1. The lowest BCUT2D eigenvalue weighted by molar-refractivity contribution is 0.100. The van der Waals surface area contributed by atoms with Gasteiger partial charge in [-0.25, -0.2) is 9.97 Å². The molecule has 0 spiro atoms. The van der Waals surface area contributed by atoms with Crippen LogP contribution in [0.25, 0.3) is 11.3 Å². The van der Waals surface area contributed by atoms with Gasteiger partial charge in [0.1, 0.15) is 6.33 Å². The fraction of sp³-hybridized carbons (Fsp3) is 0.0833. The standard InChI is InChI=1S/C12H11N3O/c1-8-6-11(15-7-14-8)9-2-4-10(5-3-9)12(13)16/h2-7H,1H3,(H2,13,16). The molecular formula is C12H11N3O. The first-order chi connectivity index (χ1) is 7.66. The van der Waals surface area contributed by atoms with Crippen LogP contribution >= 0.6 is 0 Å². The van der Waals surface area contributed by atoms with Crippen molar-refractivity contribution in [2.45, 2.75) is 6.92 Å². The third kappa shape index (κ3) is 2.06. The van der Waals surface area contributed by atoms with E-state index in [1.165, 1.54) is 6.33 Å². The van der Waals surface area contributed by atoms with Crippen LogP contribution in [-0.4, -0.2) is 15.9 Å². The van der Waals surface area contributed by atoms with Gasteiger partial charge < -0.3 is 5.73 Å². The summed E-state index contributed by atoms with van der Waals surface area (Å²) in [6, 6.07) is 8.91. The minimum atomic E-state index is -0.426. The molecule has 4 nitrogen and oxygen atoms in total. The number of hydrogen-bond acceptors (Lipinski definition) is 3. The SMILES string of the molecule is Cc1cc(-c2ccc(C(N)=O)cc2)ncn1. The molecule has 0 aliphatic heterocycles. The Morgan fingerprint density at radius 1 is 1.19 bits per heavy atom. The lowest BCUT2D eigenvalue weighted by Gasteiger charge is -2.02. The van der Waals surface area contributed by atoms with Crippen molar-refractivity contribution in [3.05, 3.63) is 47.9 Å². The van der Waals surface area contributed by atoms with E-state index >= 15 is 0 Å². The minimum Gasteiger partial charge on any atom is -0.366 e. The van der Waals surface area contributed by atoms with Crippen molar-refractivity contribution in [2.24, 2.45) is 5.73 Å². The van der Waals surface area contributed by atoms with Crippen LogP contribution in [0.15, 0.2) is 36.7 Å². The van der Waals surface area contributed by atoms with Crippen LogP contribution in [0.2, 0.25) is 0 Å². The maximum atomic E-state index is 10.9. The lowest BCUT2D eigenvalue weighted by atomic mass is 10.1. The maximum absolute atomic E-state index is 10.9. The number of hydrogen-bond donors (Lipinski definition) is 1. The molecule has 0 saturated heterocycles. The maximum Gasteiger partial charge on any atom is 0.248 e. The Kier molecular flexibility index (Phi) is 2.64. The highest BCUT2D eigenvalue weighted by Crippen LogP contribution is 2.17. The molecule has 4 heteroatoms. The van der Waals surface area contributed by atoms with Crippen LogP contribution in [0.1, 0.15) is 16.1 Å². The lowest BCUT2D eigenvalue weighted by Crippen LogP contribution is -2.10. The van der Waals surface area contributed by atoms with Gasteiger partial charge in [-0.15, -0.1) is 0 Å². The molecular weight excluding hydrogens is 202 g/mol. The second-order valence-electron chi connectivity index (χ2n) is 3.49. The van der Waals surface area contributed by atoms with E-state index in [0.29, 0.717) is 5.56 Å². The molecule has 0 aliphatic rings. The van der Waals surface area contributed by atoms with Crippen LogP contribution < -0.4 is 5.73 Å². The van der Waals surface area contributed by atoms with Gasteiger partial charge in [0.15, 0.2) is 0 Å². The first kappa shape index (κ1) is 10.3. The van der Waals surface area contributed by atoms with Gasteiger partial charge in [0, 0.05) is 16.8 Å². The first-order valence-electron chi connectivity index (χ1n) is 4.86. The average molecular weight is 213 g/mol. The van der Waals surface area contributed by atoms with E-state index in [1.54, 1.807) is 12.1 Å². The molecule has 2 aromatic rings. The summed E-state index contributed by atoms with van der Waals surface area (Å²) < 4.78 is 0. The van der Waals surface area contributed by atoms with Gasteiger partial charge in [0.05, 0.1) is 5.69 Å². The summed E-state index contributed by atoms with van der Waals surface area (Å²) in [6.45, 7) is 1.91. The quantitative estimate of drug-likeness (QED) is 0.822. The first-order valence-corrected chi connectivity index (χ1v) is 4.86. The zero-order chi connectivity index (χ0) is 11.5. The van der Waals surface area contributed by atoms with Crippen LogP contribution in [0.4, 0.5) is 0 Å². The summed E-state index contributed by atoms with van der Waals surface area (Å²) in [6.07, 6.45) is 1.52. The van der Waals surface area contributed by atoms with Crippen LogP contribution in [0.3, 0.4) is 0 Å². The van der Waals surface area contributed by atoms with Crippen molar-refractivity contribution < 1.29 is 4.79 Å². The number of aryl methyl sites for hydroxylation is 1. The van der Waals surface area contributed by atoms with Crippen molar-refractivity contribution in [2.75, 3.05) is 0 Å². The fourth-order valence-corrected chi connectivity index (χ4v) is 1.42. The minimum absolute atomic E-state index is 0.426. The highest BCUT2D eigenvalue weighted by molar-refractivity contribution is 5.93. The molecule has 0 unspecified atom stereocenters. The third-order valence-corrected chi connectivity index (χ3v) is 2.27. The largest absolute Gasteiger partial charge is 0.366 e. The van der Waals surface area contributed by atoms with Gasteiger partial charge in [0.25, 0.3) is 0 Å². The summed E-state index contributed by atoms with van der Waals surface area (Å²) in [5, 5.41) is 0. The Morgan fingerprint density at radius 3 is 2.44 bits per heavy atom. The molecule has 1 aromatic heterocycles. The molecule has 1 amide bonds. The molecule has 0 atom stereocenters. The second kappa shape index (κ2) is 4.10. The Labute approximate surface area is 93.2 Å². The van der Waals surface area contributed by atoms with Crippen LogP contribution in [-0.2, 0) is 0 Å². The van der Waals surface area contributed by atoms with E-state index in [1.807, 2.05) is 25.1 Å². The summed E-state index contributed by atoms with van der Waals surface area (Å²) in [5.74, 6) is -0.426. The Hall–Kier alpha value is -2.23. The number of benzene rings is 1. The Bertz CT molecular complexity index is 520. The number of nitrogens with two attached hydrogens (primary N) is 1. The fourth-order valence-electron chi connectivity index (χ4n) is 1.42. The van der Waals surface area contributed by atoms with Gasteiger partial charge in [0.2, 0.25) is 5.91 Å². The van der Waals surface area contributed by atoms with Crippen molar-refractivity contribution in [3.8, 4) is 11.3 Å². The Balaban J connectivity index is 2.38. The molecule has 80 valence electrons. The molecule has 0 fully saturated rings. The number of amides is 1. The molecule has 2 N–H and O–H groups in total. The highest BCUT2D eigenvalue weighted by atomic mass is 16.1. The van der Waals surface area contributed by atoms with Gasteiger partial charge in [-0.2, -0.15) is 0 Å². The van der Waals surface area contributed by atoms with Crippen molar-refractivity contribution in [3.63, 3.8) is 0 Å². The van der Waals surface area contributed by atoms with Gasteiger partial charge >= 0.3 is 0 Å². The topological polar surface area (TPSA) is 68.9 Å². The van der Waals surface area contributed by atoms with E-state index in [2.05, 4.69) is 9.97 Å². The van der Waals surface area contributed by atoms with Crippen molar-refractivity contribution in [1.82, 2.24) is 9.97 Å². The highest BCUT2D eigenvalue weighted by Gasteiger charge is 2.02. The zero-order valence-corrected chi connectivity index (χ0v) is 8.84. The summed E-state index contributed by atoms with van der Waals surface area (Å²) in [5.41, 5.74) is 8.34. The van der Waals surface area contributed by atoms with Crippen LogP contribution in [0, 0.1) is 6.92 Å². The predicted molar refractivity (Wildman–Crippen MR) is 60.7 cm³/mol. The number of carbonyl (C=O) groups excluding carboxylic acids is 1. The van der Waals surface area contributed by atoms with Crippen LogP contribution in [0.5, 0.6) is 0 Å². The monoisotopic (exact) mass is 213 g/mol. The molecule has 16 heavy (non-hydrogen) atoms. The Morgan fingerprint density at radius 2 is 1.88 bits per heavy atom. The van der Waals surface area contributed by atoms with Crippen molar-refractivity contribution >= 4 is 5.91 Å². The predicted octanol–water partition coefficient (Wildman–Crippen LogP) is 1.55. The second-order valence-corrected chi connectivity index (χ2v) is 3.49. The number of primary amides is 1. The van der Waals surface area contributed by atoms with E-state index in [0.717, 1.165) is 17.0 Å². The number of aromatic nitrogens is 2. The van der Waals surface area contributed by atoms with Gasteiger partial charge in [-0.3, -0.25) is 4.79 Å². The molecule has 0 aliphatic carbocycles. The molecule has 0 radical (unpaired) electrons. The molecule has 1 heterocycles. The van der Waals surface area contributed by atoms with E-state index in [-0.39, 0.29) is 0 Å². The zero-order valence-electron chi connectivity index (χ0n) is 8.84. The number of rotatable bonds is 2. The summed E-state index contributed by atoms with van der Waals surface area (Å²) in [7, 11) is 0. The van der Waals surface area contributed by atoms with Gasteiger partial charge in [-0.1, -0.05) is 12.1 Å². The van der Waals surface area contributed by atoms with Gasteiger partial charge in [-0.05, 0) is 25.1 Å². The molecule has 0 bridgehead atoms. The third-order valence-electron chi connectivity index (χ3n) is 2.27. The average Bonchev–Trinajstić information content (AvgIpc) is 2.29.